The van der Waals surface area contributed by atoms with Crippen LogP contribution in [-0.2, 0) is 15.0 Å². The van der Waals surface area contributed by atoms with Crippen LogP contribution in [0.25, 0.3) is 22.2 Å². The third-order valence-electron chi connectivity index (χ3n) is 5.76. The summed E-state index contributed by atoms with van der Waals surface area (Å²) in [5, 5.41) is 0.787. The van der Waals surface area contributed by atoms with Gasteiger partial charge in [0.1, 0.15) is 17.3 Å². The highest BCUT2D eigenvalue weighted by atomic mass is 32.2. The number of aromatic amines is 1. The van der Waals surface area contributed by atoms with Crippen LogP contribution in [-0.4, -0.2) is 48.2 Å². The van der Waals surface area contributed by atoms with Crippen molar-refractivity contribution in [2.75, 3.05) is 22.7 Å². The van der Waals surface area contributed by atoms with Crippen LogP contribution in [0.4, 0.5) is 15.9 Å². The Bertz CT molecular complexity index is 1250. The van der Waals surface area contributed by atoms with Gasteiger partial charge >= 0.3 is 10.2 Å². The smallest absolute Gasteiger partial charge is 0.301 e. The molecule has 2 aromatic heterocycles. The number of fused-ring (bicyclic) bond motifs is 1. The summed E-state index contributed by atoms with van der Waals surface area (Å²) in [5.41, 5.74) is 1.78. The molecule has 31 heavy (non-hydrogen) atoms. The fourth-order valence-electron chi connectivity index (χ4n) is 3.97. The number of H-pyrrole nitrogens is 1. The lowest BCUT2D eigenvalue weighted by Gasteiger charge is -2.18. The molecule has 1 saturated carbocycles. The molecule has 1 aliphatic heterocycles. The van der Waals surface area contributed by atoms with E-state index in [0.29, 0.717) is 35.7 Å². The minimum atomic E-state index is -3.78. The highest BCUT2D eigenvalue weighted by molar-refractivity contribution is 7.90. The largest absolute Gasteiger partial charge is 0.346 e. The second-order valence-electron chi connectivity index (χ2n) is 7.92. The van der Waals surface area contributed by atoms with E-state index in [2.05, 4.69) is 14.7 Å². The molecule has 0 unspecified atom stereocenters. The van der Waals surface area contributed by atoms with Crippen molar-refractivity contribution in [1.29, 1.82) is 0 Å². The highest BCUT2D eigenvalue weighted by Gasteiger charge is 2.31. The van der Waals surface area contributed by atoms with Gasteiger partial charge in [0.2, 0.25) is 6.41 Å². The number of rotatable bonds is 7. The van der Waals surface area contributed by atoms with Gasteiger partial charge in [-0.3, -0.25) is 14.4 Å². The van der Waals surface area contributed by atoms with E-state index in [4.69, 9.17) is 0 Å². The molecule has 10 heteroatoms. The number of benzene rings is 1. The first-order valence-electron chi connectivity index (χ1n) is 10.3. The van der Waals surface area contributed by atoms with E-state index in [9.17, 15) is 17.6 Å². The molecule has 0 atom stereocenters. The molecule has 1 aliphatic carbocycles. The minimum Gasteiger partial charge on any atom is -0.346 e. The van der Waals surface area contributed by atoms with E-state index in [1.54, 1.807) is 23.2 Å². The molecule has 3 aromatic rings. The number of pyridine rings is 1. The standard InChI is InChI=1S/C21H22FN5O3S/c22-18-11-14(3-6-19(18)25-31(29,30)26-9-1-2-10-26)17-12-20(27(13-28)15-4-5-15)24-21-16(17)7-8-23-21/h3,6-8,11-13,15,25H,1-2,4-5,9-10H2,(H,23,24). The van der Waals surface area contributed by atoms with E-state index < -0.39 is 16.0 Å². The van der Waals surface area contributed by atoms with Crippen LogP contribution in [0.5, 0.6) is 0 Å². The van der Waals surface area contributed by atoms with Gasteiger partial charge in [0.05, 0.1) is 5.69 Å². The normalized spacial score (nSPS) is 17.2. The van der Waals surface area contributed by atoms with Crippen molar-refractivity contribution in [2.45, 2.75) is 31.7 Å². The number of halogens is 1. The molecule has 0 spiro atoms. The number of hydrogen-bond donors (Lipinski definition) is 2. The molecule has 3 heterocycles. The topological polar surface area (TPSA) is 98.4 Å². The maximum atomic E-state index is 14.9. The fourth-order valence-corrected chi connectivity index (χ4v) is 5.28. The summed E-state index contributed by atoms with van der Waals surface area (Å²) in [4.78, 5) is 20.8. The van der Waals surface area contributed by atoms with Crippen LogP contribution in [0, 0.1) is 5.82 Å². The first kappa shape index (κ1) is 20.0. The molecule has 1 amide bonds. The number of carbonyl (C=O) groups is 1. The lowest BCUT2D eigenvalue weighted by molar-refractivity contribution is -0.107. The van der Waals surface area contributed by atoms with E-state index >= 15 is 0 Å². The molecule has 2 aliphatic rings. The van der Waals surface area contributed by atoms with E-state index in [-0.39, 0.29) is 11.7 Å². The predicted octanol–water partition coefficient (Wildman–Crippen LogP) is 3.25. The molecule has 1 aromatic carbocycles. The quantitative estimate of drug-likeness (QED) is 0.548. The Morgan fingerprint density at radius 2 is 1.97 bits per heavy atom. The third kappa shape index (κ3) is 3.77. The first-order chi connectivity index (χ1) is 15.0. The number of anilines is 2. The zero-order chi connectivity index (χ0) is 21.6. The van der Waals surface area contributed by atoms with Gasteiger partial charge in [0, 0.05) is 30.7 Å². The van der Waals surface area contributed by atoms with E-state index in [1.165, 1.54) is 16.4 Å². The summed E-state index contributed by atoms with van der Waals surface area (Å²) in [6.07, 6.45) is 5.98. The number of aromatic nitrogens is 2. The van der Waals surface area contributed by atoms with Crippen LogP contribution in [0.3, 0.4) is 0 Å². The minimum absolute atomic E-state index is 0.0947. The Morgan fingerprint density at radius 3 is 2.65 bits per heavy atom. The second kappa shape index (κ2) is 7.61. The van der Waals surface area contributed by atoms with Crippen molar-refractivity contribution in [2.24, 2.45) is 0 Å². The maximum absolute atomic E-state index is 14.9. The van der Waals surface area contributed by atoms with Gasteiger partial charge in [-0.15, -0.1) is 0 Å². The number of amides is 1. The summed E-state index contributed by atoms with van der Waals surface area (Å²) in [6, 6.07) is 8.14. The lowest BCUT2D eigenvalue weighted by atomic mass is 10.0. The molecule has 2 N–H and O–H groups in total. The predicted molar refractivity (Wildman–Crippen MR) is 116 cm³/mol. The zero-order valence-electron chi connectivity index (χ0n) is 16.7. The molecule has 0 bridgehead atoms. The van der Waals surface area contributed by atoms with Crippen molar-refractivity contribution >= 4 is 39.2 Å². The Morgan fingerprint density at radius 1 is 1.19 bits per heavy atom. The van der Waals surface area contributed by atoms with Gasteiger partial charge < -0.3 is 4.98 Å². The van der Waals surface area contributed by atoms with E-state index in [0.717, 1.165) is 37.5 Å². The summed E-state index contributed by atoms with van der Waals surface area (Å²) in [6.45, 7) is 0.878. The SMILES string of the molecule is O=CN(c1cc(-c2ccc(NS(=O)(=O)N3CCCC3)c(F)c2)c2cc[nH]c2n1)C1CC1. The van der Waals surface area contributed by atoms with Gasteiger partial charge in [0.15, 0.2) is 0 Å². The molecule has 162 valence electrons. The van der Waals surface area contributed by atoms with Crippen LogP contribution in [0.15, 0.2) is 36.5 Å². The summed E-state index contributed by atoms with van der Waals surface area (Å²) < 4.78 is 43.5. The molecule has 8 nitrogen and oxygen atoms in total. The Hall–Kier alpha value is -2.98. The molecular weight excluding hydrogens is 421 g/mol. The van der Waals surface area contributed by atoms with Crippen molar-refractivity contribution in [3.05, 3.63) is 42.3 Å². The van der Waals surface area contributed by atoms with Crippen LogP contribution < -0.4 is 9.62 Å². The molecule has 5 rings (SSSR count). The van der Waals surface area contributed by atoms with Crippen LogP contribution in [0.2, 0.25) is 0 Å². The highest BCUT2D eigenvalue weighted by Crippen LogP contribution is 2.36. The van der Waals surface area contributed by atoms with Gasteiger partial charge in [-0.25, -0.2) is 9.37 Å². The summed E-state index contributed by atoms with van der Waals surface area (Å²) >= 11 is 0. The first-order valence-corrected chi connectivity index (χ1v) is 11.7. The average Bonchev–Trinajstić information content (AvgIpc) is 3.22. The molecular formula is C21H22FN5O3S. The van der Waals surface area contributed by atoms with Gasteiger partial charge in [-0.2, -0.15) is 12.7 Å². The zero-order valence-corrected chi connectivity index (χ0v) is 17.5. The van der Waals surface area contributed by atoms with Crippen molar-refractivity contribution < 1.29 is 17.6 Å². The van der Waals surface area contributed by atoms with E-state index in [1.807, 2.05) is 6.07 Å². The Labute approximate surface area is 179 Å². The molecule has 1 saturated heterocycles. The fraction of sp³-hybridized carbons (Fsp3) is 0.333. The monoisotopic (exact) mass is 443 g/mol. The summed E-state index contributed by atoms with van der Waals surface area (Å²) in [5.74, 6) is -0.168. The van der Waals surface area contributed by atoms with Crippen molar-refractivity contribution in [3.8, 4) is 11.1 Å². The third-order valence-corrected chi connectivity index (χ3v) is 7.28. The van der Waals surface area contributed by atoms with Gasteiger partial charge in [-0.05, 0) is 61.1 Å². The van der Waals surface area contributed by atoms with Gasteiger partial charge in [-0.1, -0.05) is 6.07 Å². The molecule has 2 fully saturated rings. The number of carbonyl (C=O) groups excluding carboxylic acids is 1. The number of hydrogen-bond acceptors (Lipinski definition) is 4. The Balaban J connectivity index is 1.51. The average molecular weight is 444 g/mol. The summed E-state index contributed by atoms with van der Waals surface area (Å²) in [7, 11) is -3.78. The maximum Gasteiger partial charge on any atom is 0.301 e. The van der Waals surface area contributed by atoms with Crippen LogP contribution >= 0.6 is 0 Å². The lowest BCUT2D eigenvalue weighted by Crippen LogP contribution is -2.33. The van der Waals surface area contributed by atoms with Crippen molar-refractivity contribution in [3.63, 3.8) is 0 Å². The number of nitrogens with one attached hydrogen (secondary N) is 2. The van der Waals surface area contributed by atoms with Gasteiger partial charge in [0.25, 0.3) is 0 Å². The van der Waals surface area contributed by atoms with Crippen molar-refractivity contribution in [1.82, 2.24) is 14.3 Å². The Kier molecular flexibility index (Phi) is 4.90. The van der Waals surface area contributed by atoms with Crippen LogP contribution in [0.1, 0.15) is 25.7 Å². The second-order valence-corrected chi connectivity index (χ2v) is 9.59. The molecule has 0 radical (unpaired) electrons. The number of nitrogens with zero attached hydrogens (tertiary/aromatic N) is 3.